The quantitative estimate of drug-likeness (QED) is 0.914. The SMILES string of the molecule is O=C(CC1CCN(C(=O)c2cccs2)C1)NC1CC1. The Morgan fingerprint density at radius 1 is 1.37 bits per heavy atom. The topological polar surface area (TPSA) is 49.4 Å². The molecule has 1 aliphatic heterocycles. The zero-order valence-electron chi connectivity index (χ0n) is 10.8. The lowest BCUT2D eigenvalue weighted by Gasteiger charge is -2.15. The van der Waals surface area contributed by atoms with E-state index in [2.05, 4.69) is 5.32 Å². The van der Waals surface area contributed by atoms with Gasteiger partial charge in [0.1, 0.15) is 0 Å². The summed E-state index contributed by atoms with van der Waals surface area (Å²) in [6.45, 7) is 1.49. The van der Waals surface area contributed by atoms with Gasteiger partial charge in [-0.15, -0.1) is 11.3 Å². The summed E-state index contributed by atoms with van der Waals surface area (Å²) in [5.41, 5.74) is 0. The van der Waals surface area contributed by atoms with Crippen LogP contribution in [0.4, 0.5) is 0 Å². The normalized spacial score (nSPS) is 22.5. The highest BCUT2D eigenvalue weighted by molar-refractivity contribution is 7.12. The third kappa shape index (κ3) is 3.15. The molecule has 1 N–H and O–H groups in total. The Morgan fingerprint density at radius 2 is 2.21 bits per heavy atom. The van der Waals surface area contributed by atoms with Gasteiger partial charge < -0.3 is 10.2 Å². The second-order valence-electron chi connectivity index (χ2n) is 5.43. The standard InChI is InChI=1S/C14H18N2O2S/c17-13(15-11-3-4-11)8-10-5-6-16(9-10)14(18)12-2-1-7-19-12/h1-2,7,10-11H,3-6,8-9H2,(H,15,17). The Hall–Kier alpha value is -1.36. The molecule has 2 heterocycles. The van der Waals surface area contributed by atoms with Crippen LogP contribution in [0.1, 0.15) is 35.4 Å². The number of hydrogen-bond acceptors (Lipinski definition) is 3. The number of likely N-dealkylation sites (tertiary alicyclic amines) is 1. The lowest BCUT2D eigenvalue weighted by atomic mass is 10.0. The molecule has 102 valence electrons. The number of carbonyl (C=O) groups is 2. The minimum absolute atomic E-state index is 0.111. The van der Waals surface area contributed by atoms with Gasteiger partial charge in [-0.25, -0.2) is 0 Å². The first kappa shape index (κ1) is 12.7. The second kappa shape index (κ2) is 5.33. The molecule has 2 fully saturated rings. The summed E-state index contributed by atoms with van der Waals surface area (Å²) in [6, 6.07) is 4.19. The highest BCUT2D eigenvalue weighted by Crippen LogP contribution is 2.24. The lowest BCUT2D eigenvalue weighted by molar-refractivity contribution is -0.122. The molecule has 3 rings (SSSR count). The average Bonchev–Trinajstić information content (AvgIpc) is 2.90. The minimum atomic E-state index is 0.111. The number of nitrogens with zero attached hydrogens (tertiary/aromatic N) is 1. The first-order valence-electron chi connectivity index (χ1n) is 6.84. The average molecular weight is 278 g/mol. The second-order valence-corrected chi connectivity index (χ2v) is 6.38. The Kier molecular flexibility index (Phi) is 3.55. The van der Waals surface area contributed by atoms with Crippen LogP contribution in [-0.4, -0.2) is 35.8 Å². The molecule has 0 spiro atoms. The fraction of sp³-hybridized carbons (Fsp3) is 0.571. The van der Waals surface area contributed by atoms with Crippen molar-refractivity contribution in [2.45, 2.75) is 31.7 Å². The van der Waals surface area contributed by atoms with Crippen molar-refractivity contribution in [3.8, 4) is 0 Å². The van der Waals surface area contributed by atoms with Crippen LogP contribution < -0.4 is 5.32 Å². The summed E-state index contributed by atoms with van der Waals surface area (Å²) in [4.78, 5) is 26.6. The Bertz CT molecular complexity index is 468. The van der Waals surface area contributed by atoms with E-state index < -0.39 is 0 Å². The van der Waals surface area contributed by atoms with Gasteiger partial charge in [0, 0.05) is 25.6 Å². The molecular formula is C14H18N2O2S. The van der Waals surface area contributed by atoms with Gasteiger partial charge in [-0.3, -0.25) is 9.59 Å². The number of thiophene rings is 1. The zero-order chi connectivity index (χ0) is 13.2. The summed E-state index contributed by atoms with van der Waals surface area (Å²) >= 11 is 1.48. The van der Waals surface area contributed by atoms with Crippen molar-refractivity contribution in [1.82, 2.24) is 10.2 Å². The molecule has 1 unspecified atom stereocenters. The molecule has 19 heavy (non-hydrogen) atoms. The predicted molar refractivity (Wildman–Crippen MR) is 74.1 cm³/mol. The lowest BCUT2D eigenvalue weighted by Crippen LogP contribution is -2.30. The Labute approximate surface area is 116 Å². The first-order valence-corrected chi connectivity index (χ1v) is 7.72. The van der Waals surface area contributed by atoms with Crippen molar-refractivity contribution < 1.29 is 9.59 Å². The summed E-state index contributed by atoms with van der Waals surface area (Å²) in [7, 11) is 0. The highest BCUT2D eigenvalue weighted by Gasteiger charge is 2.30. The molecule has 4 nitrogen and oxygen atoms in total. The minimum Gasteiger partial charge on any atom is -0.353 e. The number of hydrogen-bond donors (Lipinski definition) is 1. The first-order chi connectivity index (χ1) is 9.22. The van der Waals surface area contributed by atoms with Gasteiger partial charge in [-0.05, 0) is 36.6 Å². The van der Waals surface area contributed by atoms with Crippen LogP contribution >= 0.6 is 11.3 Å². The molecule has 1 aliphatic carbocycles. The maximum absolute atomic E-state index is 12.2. The molecule has 2 amide bonds. The van der Waals surface area contributed by atoms with Crippen LogP contribution in [0.15, 0.2) is 17.5 Å². The van der Waals surface area contributed by atoms with Crippen LogP contribution in [0.2, 0.25) is 0 Å². The van der Waals surface area contributed by atoms with Crippen molar-refractivity contribution in [2.75, 3.05) is 13.1 Å². The van der Waals surface area contributed by atoms with E-state index in [0.717, 1.165) is 37.2 Å². The number of carbonyl (C=O) groups excluding carboxylic acids is 2. The smallest absolute Gasteiger partial charge is 0.263 e. The van der Waals surface area contributed by atoms with E-state index in [1.807, 2.05) is 22.4 Å². The molecule has 5 heteroatoms. The van der Waals surface area contributed by atoms with Crippen molar-refractivity contribution in [3.63, 3.8) is 0 Å². The van der Waals surface area contributed by atoms with Gasteiger partial charge in [-0.2, -0.15) is 0 Å². The van der Waals surface area contributed by atoms with Crippen LogP contribution in [0.25, 0.3) is 0 Å². The molecule has 2 aliphatic rings. The largest absolute Gasteiger partial charge is 0.353 e. The monoisotopic (exact) mass is 278 g/mol. The third-order valence-electron chi connectivity index (χ3n) is 3.72. The molecule has 1 atom stereocenters. The van der Waals surface area contributed by atoms with Gasteiger partial charge in [0.25, 0.3) is 5.91 Å². The van der Waals surface area contributed by atoms with Crippen LogP contribution in [-0.2, 0) is 4.79 Å². The van der Waals surface area contributed by atoms with Crippen LogP contribution in [0.3, 0.4) is 0 Å². The van der Waals surface area contributed by atoms with Gasteiger partial charge >= 0.3 is 0 Å². The molecule has 1 saturated heterocycles. The van der Waals surface area contributed by atoms with Crippen molar-refractivity contribution in [3.05, 3.63) is 22.4 Å². The maximum Gasteiger partial charge on any atom is 0.263 e. The van der Waals surface area contributed by atoms with Crippen LogP contribution in [0, 0.1) is 5.92 Å². The maximum atomic E-state index is 12.2. The van der Waals surface area contributed by atoms with Crippen molar-refractivity contribution in [2.24, 2.45) is 5.92 Å². The third-order valence-corrected chi connectivity index (χ3v) is 4.58. The number of rotatable bonds is 4. The zero-order valence-corrected chi connectivity index (χ0v) is 11.6. The highest BCUT2D eigenvalue weighted by atomic mass is 32.1. The van der Waals surface area contributed by atoms with Gasteiger partial charge in [-0.1, -0.05) is 6.07 Å². The number of amides is 2. The summed E-state index contributed by atoms with van der Waals surface area (Å²) in [5.74, 6) is 0.584. The van der Waals surface area contributed by atoms with E-state index in [1.54, 1.807) is 0 Å². The molecular weight excluding hydrogens is 260 g/mol. The van der Waals surface area contributed by atoms with E-state index in [-0.39, 0.29) is 11.8 Å². The molecule has 1 saturated carbocycles. The van der Waals surface area contributed by atoms with E-state index in [1.165, 1.54) is 11.3 Å². The van der Waals surface area contributed by atoms with Crippen molar-refractivity contribution >= 4 is 23.2 Å². The molecule has 1 aromatic heterocycles. The molecule has 0 bridgehead atoms. The Morgan fingerprint density at radius 3 is 2.89 bits per heavy atom. The molecule has 1 aromatic rings. The number of nitrogens with one attached hydrogen (secondary N) is 1. The Balaban J connectivity index is 1.49. The molecule has 0 radical (unpaired) electrons. The van der Waals surface area contributed by atoms with Gasteiger partial charge in [0.2, 0.25) is 5.91 Å². The van der Waals surface area contributed by atoms with Gasteiger partial charge in [0.05, 0.1) is 4.88 Å². The summed E-state index contributed by atoms with van der Waals surface area (Å²) in [6.07, 6.45) is 3.75. The molecule has 0 aromatic carbocycles. The van der Waals surface area contributed by atoms with E-state index in [9.17, 15) is 9.59 Å². The van der Waals surface area contributed by atoms with Crippen molar-refractivity contribution in [1.29, 1.82) is 0 Å². The van der Waals surface area contributed by atoms with E-state index in [4.69, 9.17) is 0 Å². The fourth-order valence-corrected chi connectivity index (χ4v) is 3.21. The van der Waals surface area contributed by atoms with E-state index >= 15 is 0 Å². The summed E-state index contributed by atoms with van der Waals surface area (Å²) < 4.78 is 0. The van der Waals surface area contributed by atoms with E-state index in [0.29, 0.717) is 18.4 Å². The predicted octanol–water partition coefficient (Wildman–Crippen LogP) is 1.88. The fourth-order valence-electron chi connectivity index (χ4n) is 2.52. The van der Waals surface area contributed by atoms with Crippen LogP contribution in [0.5, 0.6) is 0 Å². The van der Waals surface area contributed by atoms with Gasteiger partial charge in [0.15, 0.2) is 0 Å². The summed E-state index contributed by atoms with van der Waals surface area (Å²) in [5, 5.41) is 4.93.